The zero-order chi connectivity index (χ0) is 29.4. The smallest absolute Gasteiger partial charge is 0.0501 e. The van der Waals surface area contributed by atoms with Gasteiger partial charge in [0.2, 0.25) is 0 Å². The van der Waals surface area contributed by atoms with Gasteiger partial charge in [0.05, 0.1) is 5.69 Å². The van der Waals surface area contributed by atoms with E-state index in [-0.39, 0.29) is 0 Å². The van der Waals surface area contributed by atoms with Gasteiger partial charge >= 0.3 is 0 Å². The lowest BCUT2D eigenvalue weighted by atomic mass is 9.86. The third-order valence-corrected chi connectivity index (χ3v) is 7.79. The fraction of sp³-hybridized carbons (Fsp3) is 0.0476. The second-order valence-electron chi connectivity index (χ2n) is 10.7. The first kappa shape index (κ1) is 27.8. The lowest BCUT2D eigenvalue weighted by Gasteiger charge is -2.21. The summed E-state index contributed by atoms with van der Waals surface area (Å²) in [4.78, 5) is 0. The molecule has 0 aliphatic rings. The average Bonchev–Trinajstić information content (AvgIpc) is 3.07. The van der Waals surface area contributed by atoms with Crippen molar-refractivity contribution in [3.8, 4) is 22.3 Å². The summed E-state index contributed by atoms with van der Waals surface area (Å²) in [5, 5.41) is 6.12. The van der Waals surface area contributed by atoms with Crippen LogP contribution in [0.15, 0.2) is 146 Å². The quantitative estimate of drug-likeness (QED) is 0.185. The summed E-state index contributed by atoms with van der Waals surface area (Å²) >= 11 is 0. The van der Waals surface area contributed by atoms with Crippen molar-refractivity contribution in [1.82, 2.24) is 0 Å². The molecule has 6 aromatic rings. The van der Waals surface area contributed by atoms with Crippen molar-refractivity contribution in [3.05, 3.63) is 174 Å². The largest absolute Gasteiger partial charge is 0.361 e. The normalized spacial score (nSPS) is 11.7. The molecule has 1 N–H and O–H groups in total. The van der Waals surface area contributed by atoms with Crippen LogP contribution in [0, 0.1) is 6.92 Å². The fourth-order valence-corrected chi connectivity index (χ4v) is 5.62. The van der Waals surface area contributed by atoms with E-state index in [1.165, 1.54) is 60.8 Å². The number of hydrogen-bond donors (Lipinski definition) is 1. The molecular formula is C42H35N. The van der Waals surface area contributed by atoms with Crippen molar-refractivity contribution < 1.29 is 0 Å². The van der Waals surface area contributed by atoms with E-state index >= 15 is 0 Å². The van der Waals surface area contributed by atoms with Gasteiger partial charge in [-0.2, -0.15) is 0 Å². The second kappa shape index (κ2) is 13.1. The van der Waals surface area contributed by atoms with Gasteiger partial charge in [-0.15, -0.1) is 0 Å². The maximum atomic E-state index is 3.64. The van der Waals surface area contributed by atoms with Crippen molar-refractivity contribution in [2.24, 2.45) is 0 Å². The predicted molar refractivity (Wildman–Crippen MR) is 189 cm³/mol. The lowest BCUT2D eigenvalue weighted by Crippen LogP contribution is -1.99. The molecule has 0 unspecified atom stereocenters. The molecule has 0 heterocycles. The molecule has 0 aliphatic heterocycles. The summed E-state index contributed by atoms with van der Waals surface area (Å²) in [6.07, 6.45) is 12.7. The zero-order valence-electron chi connectivity index (χ0n) is 24.7. The van der Waals surface area contributed by atoms with Gasteiger partial charge in [0.15, 0.2) is 0 Å². The van der Waals surface area contributed by atoms with Crippen LogP contribution in [0.5, 0.6) is 0 Å². The fourth-order valence-electron chi connectivity index (χ4n) is 5.62. The third-order valence-electron chi connectivity index (χ3n) is 7.79. The number of anilines is 1. The molecule has 6 rings (SSSR count). The van der Waals surface area contributed by atoms with Crippen LogP contribution >= 0.6 is 0 Å². The first-order valence-electron chi connectivity index (χ1n) is 14.8. The zero-order valence-corrected chi connectivity index (χ0v) is 24.7. The summed E-state index contributed by atoms with van der Waals surface area (Å²) in [6.45, 7) is 4.27. The molecule has 43 heavy (non-hydrogen) atoms. The van der Waals surface area contributed by atoms with Gasteiger partial charge in [-0.25, -0.2) is 0 Å². The highest BCUT2D eigenvalue weighted by molar-refractivity contribution is 6.12. The molecule has 0 bridgehead atoms. The van der Waals surface area contributed by atoms with E-state index in [1.807, 2.05) is 31.3 Å². The van der Waals surface area contributed by atoms with Crippen LogP contribution in [0.3, 0.4) is 0 Å². The van der Waals surface area contributed by atoms with Crippen LogP contribution in [0.1, 0.15) is 34.7 Å². The molecule has 0 spiro atoms. The van der Waals surface area contributed by atoms with E-state index in [9.17, 15) is 0 Å². The van der Waals surface area contributed by atoms with Gasteiger partial charge in [0.1, 0.15) is 0 Å². The van der Waals surface area contributed by atoms with E-state index in [0.717, 1.165) is 5.69 Å². The van der Waals surface area contributed by atoms with Crippen molar-refractivity contribution in [3.63, 3.8) is 0 Å². The molecule has 0 radical (unpaired) electrons. The Morgan fingerprint density at radius 1 is 0.442 bits per heavy atom. The second-order valence-corrected chi connectivity index (χ2v) is 10.7. The van der Waals surface area contributed by atoms with Crippen LogP contribution in [0.4, 0.5) is 5.69 Å². The number of benzene rings is 6. The number of fused-ring (bicyclic) bond motifs is 1. The minimum absolute atomic E-state index is 1.13. The molecule has 1 heteroatoms. The maximum absolute atomic E-state index is 3.64. The molecular weight excluding hydrogens is 518 g/mol. The van der Waals surface area contributed by atoms with Crippen LogP contribution < -0.4 is 5.32 Å². The maximum Gasteiger partial charge on any atom is 0.0501 e. The van der Waals surface area contributed by atoms with E-state index < -0.39 is 0 Å². The molecule has 0 saturated carbocycles. The van der Waals surface area contributed by atoms with Crippen molar-refractivity contribution >= 4 is 40.8 Å². The van der Waals surface area contributed by atoms with Crippen LogP contribution in [-0.4, -0.2) is 0 Å². The number of rotatable bonds is 8. The summed E-state index contributed by atoms with van der Waals surface area (Å²) in [6, 6.07) is 47.4. The highest BCUT2D eigenvalue weighted by atomic mass is 14.8. The average molecular weight is 554 g/mol. The molecule has 0 amide bonds. The van der Waals surface area contributed by atoms with Gasteiger partial charge < -0.3 is 5.32 Å². The first-order chi connectivity index (χ1) is 21.2. The van der Waals surface area contributed by atoms with Crippen molar-refractivity contribution in [2.45, 2.75) is 13.8 Å². The molecule has 208 valence electrons. The molecule has 0 aliphatic carbocycles. The van der Waals surface area contributed by atoms with Crippen LogP contribution in [0.25, 0.3) is 57.3 Å². The minimum atomic E-state index is 1.13. The van der Waals surface area contributed by atoms with Gasteiger partial charge in [0.25, 0.3) is 0 Å². The summed E-state index contributed by atoms with van der Waals surface area (Å²) in [7, 11) is 0. The van der Waals surface area contributed by atoms with Crippen molar-refractivity contribution in [1.29, 1.82) is 0 Å². The van der Waals surface area contributed by atoms with Gasteiger partial charge in [-0.3, -0.25) is 0 Å². The Morgan fingerprint density at radius 2 is 0.837 bits per heavy atom. The van der Waals surface area contributed by atoms with Gasteiger partial charge in [-0.1, -0.05) is 164 Å². The topological polar surface area (TPSA) is 12.0 Å². The van der Waals surface area contributed by atoms with E-state index in [4.69, 9.17) is 0 Å². The Hall–Kier alpha value is -5.40. The Kier molecular flexibility index (Phi) is 8.43. The van der Waals surface area contributed by atoms with Crippen molar-refractivity contribution in [2.75, 3.05) is 5.32 Å². The molecule has 0 aromatic heterocycles. The Balaban J connectivity index is 1.41. The molecule has 0 saturated heterocycles. The van der Waals surface area contributed by atoms with Crippen LogP contribution in [-0.2, 0) is 0 Å². The summed E-state index contributed by atoms with van der Waals surface area (Å²) < 4.78 is 0. The number of allylic oxidation sites excluding steroid dienone is 1. The monoisotopic (exact) mass is 553 g/mol. The number of nitrogens with one attached hydrogen (secondary N) is 1. The Labute approximate surface area is 255 Å². The Morgan fingerprint density at radius 3 is 1.30 bits per heavy atom. The highest BCUT2D eigenvalue weighted by Gasteiger charge is 2.18. The third kappa shape index (κ3) is 6.27. The minimum Gasteiger partial charge on any atom is -0.361 e. The van der Waals surface area contributed by atoms with Gasteiger partial charge in [-0.05, 0) is 75.3 Å². The molecule has 0 fully saturated rings. The standard InChI is InChI=1S/C42H35N/c1-3-30-43-42-31(2)40(36-26-22-34(23-27-36)20-18-32-12-6-4-7-13-32)38-16-10-11-17-39(38)41(42)37-28-24-35(25-29-37)21-19-33-14-8-5-9-15-33/h3-30,43H,1-2H3/b20-18+,21-19+,30-3+. The first-order valence-corrected chi connectivity index (χ1v) is 14.8. The van der Waals surface area contributed by atoms with E-state index in [0.29, 0.717) is 0 Å². The Bertz CT molecular complexity index is 1910. The highest BCUT2D eigenvalue weighted by Crippen LogP contribution is 2.44. The molecule has 0 atom stereocenters. The molecule has 6 aromatic carbocycles. The van der Waals surface area contributed by atoms with Crippen LogP contribution in [0.2, 0.25) is 0 Å². The predicted octanol–water partition coefficient (Wildman–Crippen LogP) is 11.8. The van der Waals surface area contributed by atoms with E-state index in [2.05, 4.69) is 158 Å². The van der Waals surface area contributed by atoms with E-state index in [1.54, 1.807) is 0 Å². The number of hydrogen-bond acceptors (Lipinski definition) is 1. The summed E-state index contributed by atoms with van der Waals surface area (Å²) in [5.41, 5.74) is 12.0. The van der Waals surface area contributed by atoms with Gasteiger partial charge in [0, 0.05) is 5.56 Å². The summed E-state index contributed by atoms with van der Waals surface area (Å²) in [5.74, 6) is 0. The SMILES string of the molecule is C/C=C/Nc1c(C)c(-c2ccc(/C=C/c3ccccc3)cc2)c2ccccc2c1-c1ccc(/C=C/c2ccccc2)cc1. The molecule has 1 nitrogen and oxygen atoms in total. The lowest BCUT2D eigenvalue weighted by molar-refractivity contribution is 1.44.